The van der Waals surface area contributed by atoms with E-state index in [1.54, 1.807) is 0 Å². The molecule has 2 aromatic rings. The number of nitriles is 1. The van der Waals surface area contributed by atoms with E-state index in [0.29, 0.717) is 17.4 Å². The topological polar surface area (TPSA) is 39.1 Å². The molecule has 1 heterocycles. The summed E-state index contributed by atoms with van der Waals surface area (Å²) in [6.45, 7) is 4.37. The van der Waals surface area contributed by atoms with Crippen molar-refractivity contribution >= 4 is 0 Å². The Bertz CT molecular complexity index is 848. The molecule has 2 unspecified atom stereocenters. The summed E-state index contributed by atoms with van der Waals surface area (Å²) in [5.41, 5.74) is 5.50. The summed E-state index contributed by atoms with van der Waals surface area (Å²) in [7, 11) is 0. The van der Waals surface area contributed by atoms with E-state index in [9.17, 15) is 0 Å². The van der Waals surface area contributed by atoms with E-state index >= 15 is 0 Å². The van der Waals surface area contributed by atoms with E-state index in [4.69, 9.17) is 5.26 Å². The highest BCUT2D eigenvalue weighted by atomic mass is 15.2. The third-order valence-electron chi connectivity index (χ3n) is 6.40. The van der Waals surface area contributed by atoms with Gasteiger partial charge in [-0.25, -0.2) is 0 Å². The molecule has 3 heteroatoms. The number of fused-ring (bicyclic) bond motifs is 1. The molecule has 2 fully saturated rings. The maximum atomic E-state index is 9.09. The summed E-state index contributed by atoms with van der Waals surface area (Å²) in [4.78, 5) is 2.57. The minimum Gasteiger partial charge on any atom is -0.313 e. The molecule has 2 aromatic carbocycles. The van der Waals surface area contributed by atoms with Gasteiger partial charge in [-0.15, -0.1) is 0 Å². The van der Waals surface area contributed by atoms with Crippen LogP contribution in [0.2, 0.25) is 0 Å². The lowest BCUT2D eigenvalue weighted by Crippen LogP contribution is -2.34. The van der Waals surface area contributed by atoms with Crippen molar-refractivity contribution in [2.24, 2.45) is 5.41 Å². The van der Waals surface area contributed by atoms with Gasteiger partial charge in [0, 0.05) is 38.1 Å². The van der Waals surface area contributed by atoms with Crippen molar-refractivity contribution < 1.29 is 0 Å². The van der Waals surface area contributed by atoms with Crippen molar-refractivity contribution in [3.05, 3.63) is 70.8 Å². The molecule has 2 saturated carbocycles. The fourth-order valence-electron chi connectivity index (χ4n) is 4.53. The Morgan fingerprint density at radius 3 is 2.65 bits per heavy atom. The summed E-state index contributed by atoms with van der Waals surface area (Å²) in [5.74, 6) is 0.715. The first-order valence-corrected chi connectivity index (χ1v) is 9.77. The molecule has 0 saturated heterocycles. The molecule has 132 valence electrons. The van der Waals surface area contributed by atoms with Gasteiger partial charge in [0.05, 0.1) is 11.6 Å². The molecule has 5 rings (SSSR count). The first kappa shape index (κ1) is 16.1. The number of nitrogens with one attached hydrogen (secondary N) is 1. The zero-order valence-corrected chi connectivity index (χ0v) is 15.1. The van der Waals surface area contributed by atoms with Gasteiger partial charge in [0.2, 0.25) is 0 Å². The Morgan fingerprint density at radius 1 is 1.08 bits per heavy atom. The standard InChI is InChI=1S/C23H25N3/c24-12-17-6-7-19-13-26(14-20(19)10-17)16-23(8-9-23)15-25-22-11-21(22)18-4-2-1-3-5-18/h1-7,10,21-22,25H,8-9,11,13-16H2. The van der Waals surface area contributed by atoms with Crippen LogP contribution >= 0.6 is 0 Å². The Hall–Kier alpha value is -2.15. The summed E-state index contributed by atoms with van der Waals surface area (Å²) in [6, 6.07) is 20.0. The predicted octanol–water partition coefficient (Wildman–Crippen LogP) is 3.80. The average Bonchev–Trinajstić information content (AvgIpc) is 3.57. The molecule has 3 nitrogen and oxygen atoms in total. The summed E-state index contributed by atoms with van der Waals surface area (Å²) < 4.78 is 0. The first-order valence-electron chi connectivity index (χ1n) is 9.77. The quantitative estimate of drug-likeness (QED) is 0.867. The van der Waals surface area contributed by atoms with Crippen LogP contribution in [0, 0.1) is 16.7 Å². The van der Waals surface area contributed by atoms with Crippen LogP contribution in [-0.4, -0.2) is 24.0 Å². The molecular formula is C23H25N3. The Morgan fingerprint density at radius 2 is 1.88 bits per heavy atom. The van der Waals surface area contributed by atoms with Crippen LogP contribution in [-0.2, 0) is 13.1 Å². The highest BCUT2D eigenvalue weighted by Crippen LogP contribution is 2.48. The molecular weight excluding hydrogens is 318 g/mol. The van der Waals surface area contributed by atoms with E-state index < -0.39 is 0 Å². The minimum absolute atomic E-state index is 0.476. The summed E-state index contributed by atoms with van der Waals surface area (Å²) >= 11 is 0. The molecule has 2 aliphatic carbocycles. The van der Waals surface area contributed by atoms with E-state index in [0.717, 1.165) is 25.2 Å². The summed E-state index contributed by atoms with van der Waals surface area (Å²) in [6.07, 6.45) is 3.98. The Balaban J connectivity index is 1.14. The fourth-order valence-corrected chi connectivity index (χ4v) is 4.53. The van der Waals surface area contributed by atoms with Crippen molar-refractivity contribution in [3.63, 3.8) is 0 Å². The van der Waals surface area contributed by atoms with Crippen LogP contribution in [0.25, 0.3) is 0 Å². The molecule has 1 N–H and O–H groups in total. The predicted molar refractivity (Wildman–Crippen MR) is 103 cm³/mol. The van der Waals surface area contributed by atoms with Gasteiger partial charge < -0.3 is 5.32 Å². The molecule has 0 bridgehead atoms. The van der Waals surface area contributed by atoms with E-state index in [-0.39, 0.29) is 0 Å². The Kier molecular flexibility index (Phi) is 3.85. The maximum absolute atomic E-state index is 9.09. The number of nitrogens with zero attached hydrogens (tertiary/aromatic N) is 2. The number of hydrogen-bond donors (Lipinski definition) is 1. The lowest BCUT2D eigenvalue weighted by molar-refractivity contribution is 0.219. The number of rotatable bonds is 6. The second-order valence-electron chi connectivity index (χ2n) is 8.48. The van der Waals surface area contributed by atoms with Gasteiger partial charge in [-0.3, -0.25) is 4.90 Å². The van der Waals surface area contributed by atoms with Crippen molar-refractivity contribution in [2.75, 3.05) is 13.1 Å². The van der Waals surface area contributed by atoms with Crippen LogP contribution in [0.5, 0.6) is 0 Å². The Labute approximate surface area is 155 Å². The van der Waals surface area contributed by atoms with Gasteiger partial charge >= 0.3 is 0 Å². The highest BCUT2D eigenvalue weighted by Gasteiger charge is 2.47. The van der Waals surface area contributed by atoms with Gasteiger partial charge in [-0.1, -0.05) is 36.4 Å². The van der Waals surface area contributed by atoms with E-state index in [1.165, 1.54) is 42.5 Å². The van der Waals surface area contributed by atoms with Crippen LogP contribution < -0.4 is 5.32 Å². The van der Waals surface area contributed by atoms with Crippen molar-refractivity contribution in [1.29, 1.82) is 5.26 Å². The van der Waals surface area contributed by atoms with Crippen LogP contribution in [0.1, 0.15) is 47.4 Å². The lowest BCUT2D eigenvalue weighted by Gasteiger charge is -2.23. The first-order chi connectivity index (χ1) is 12.7. The molecule has 0 spiro atoms. The van der Waals surface area contributed by atoms with Gasteiger partial charge in [-0.2, -0.15) is 5.26 Å². The normalized spacial score (nSPS) is 25.5. The average molecular weight is 343 g/mol. The SMILES string of the molecule is N#Cc1ccc2c(c1)CN(CC1(CNC3CC3c3ccccc3)CC1)C2. The smallest absolute Gasteiger partial charge is 0.0991 e. The lowest BCUT2D eigenvalue weighted by atomic mass is 10.1. The summed E-state index contributed by atoms with van der Waals surface area (Å²) in [5, 5.41) is 12.9. The second kappa shape index (κ2) is 6.23. The molecule has 2 atom stereocenters. The fraction of sp³-hybridized carbons (Fsp3) is 0.435. The van der Waals surface area contributed by atoms with Gasteiger partial charge in [0.15, 0.2) is 0 Å². The van der Waals surface area contributed by atoms with Crippen molar-refractivity contribution in [1.82, 2.24) is 10.2 Å². The molecule has 26 heavy (non-hydrogen) atoms. The van der Waals surface area contributed by atoms with Crippen molar-refractivity contribution in [2.45, 2.75) is 44.3 Å². The zero-order valence-electron chi connectivity index (χ0n) is 15.1. The molecule has 0 radical (unpaired) electrons. The van der Waals surface area contributed by atoms with E-state index in [2.05, 4.69) is 58.8 Å². The monoisotopic (exact) mass is 343 g/mol. The minimum atomic E-state index is 0.476. The second-order valence-corrected chi connectivity index (χ2v) is 8.48. The molecule has 0 aromatic heterocycles. The molecule has 1 aliphatic heterocycles. The third-order valence-corrected chi connectivity index (χ3v) is 6.40. The van der Waals surface area contributed by atoms with Crippen LogP contribution in [0.3, 0.4) is 0 Å². The largest absolute Gasteiger partial charge is 0.313 e. The van der Waals surface area contributed by atoms with Crippen molar-refractivity contribution in [3.8, 4) is 6.07 Å². The van der Waals surface area contributed by atoms with Gasteiger partial charge in [0.25, 0.3) is 0 Å². The van der Waals surface area contributed by atoms with Crippen LogP contribution in [0.4, 0.5) is 0 Å². The zero-order chi connectivity index (χ0) is 17.6. The number of benzene rings is 2. The van der Waals surface area contributed by atoms with Gasteiger partial charge in [0.1, 0.15) is 0 Å². The number of hydrogen-bond acceptors (Lipinski definition) is 3. The van der Waals surface area contributed by atoms with Gasteiger partial charge in [-0.05, 0) is 53.5 Å². The van der Waals surface area contributed by atoms with E-state index in [1.807, 2.05) is 6.07 Å². The maximum Gasteiger partial charge on any atom is 0.0991 e. The van der Waals surface area contributed by atoms with Crippen LogP contribution in [0.15, 0.2) is 48.5 Å². The highest BCUT2D eigenvalue weighted by molar-refractivity contribution is 5.40. The third kappa shape index (κ3) is 3.16. The molecule has 0 amide bonds. The molecule has 3 aliphatic rings.